The second-order valence-electron chi connectivity index (χ2n) is 5.88. The van der Waals surface area contributed by atoms with Gasteiger partial charge in [-0.1, -0.05) is 17.7 Å². The van der Waals surface area contributed by atoms with Crippen molar-refractivity contribution in [1.82, 2.24) is 0 Å². The Hall–Kier alpha value is -1.51. The van der Waals surface area contributed by atoms with Gasteiger partial charge in [0, 0.05) is 0 Å². The lowest BCUT2D eigenvalue weighted by molar-refractivity contribution is -0.285. The second kappa shape index (κ2) is 6.94. The number of aliphatic hydroxyl groups excluding tert-OH is 4. The molecule has 4 N–H and O–H groups in total. The van der Waals surface area contributed by atoms with Crippen LogP contribution in [0.2, 0.25) is 0 Å². The van der Waals surface area contributed by atoms with E-state index in [-0.39, 0.29) is 0 Å². The number of esters is 1. The van der Waals surface area contributed by atoms with Crippen LogP contribution in [0.1, 0.15) is 27.0 Å². The lowest BCUT2D eigenvalue weighted by Gasteiger charge is -2.39. The van der Waals surface area contributed by atoms with Crippen LogP contribution in [0.4, 0.5) is 0 Å². The summed E-state index contributed by atoms with van der Waals surface area (Å²) in [7, 11) is 0. The van der Waals surface area contributed by atoms with Gasteiger partial charge in [0.1, 0.15) is 24.4 Å². The summed E-state index contributed by atoms with van der Waals surface area (Å²) in [6.07, 6.45) is -7.28. The van der Waals surface area contributed by atoms with E-state index >= 15 is 0 Å². The highest BCUT2D eigenvalue weighted by Gasteiger charge is 2.45. The molecular weight excluding hydrogens is 304 g/mol. The zero-order chi connectivity index (χ0) is 17.3. The molecule has 128 valence electrons. The summed E-state index contributed by atoms with van der Waals surface area (Å²) in [5.74, 6) is -0.704. The molecule has 1 heterocycles. The normalized spacial score (nSPS) is 31.0. The lowest BCUT2D eigenvalue weighted by Crippen LogP contribution is -2.59. The minimum absolute atomic E-state index is 0.354. The first-order valence-electron chi connectivity index (χ1n) is 7.35. The van der Waals surface area contributed by atoms with Crippen molar-refractivity contribution in [3.63, 3.8) is 0 Å². The first kappa shape index (κ1) is 17.8. The van der Waals surface area contributed by atoms with Crippen molar-refractivity contribution in [3.8, 4) is 0 Å². The highest BCUT2D eigenvalue weighted by molar-refractivity contribution is 5.92. The molecule has 5 atom stereocenters. The molecule has 7 heteroatoms. The number of hydrogen-bond donors (Lipinski definition) is 4. The van der Waals surface area contributed by atoms with Crippen LogP contribution in [0, 0.1) is 20.8 Å². The topological polar surface area (TPSA) is 116 Å². The summed E-state index contributed by atoms with van der Waals surface area (Å²) in [5, 5.41) is 38.5. The van der Waals surface area contributed by atoms with Crippen molar-refractivity contribution in [2.75, 3.05) is 6.61 Å². The SMILES string of the molecule is Cc1cc(C)c(C(=O)O[C@H]2O[C@@H](CO)[C@@H](O)[C@@H](O)[C@H]2O)c(C)c1. The van der Waals surface area contributed by atoms with Crippen LogP contribution in [0.3, 0.4) is 0 Å². The number of carbonyl (C=O) groups excluding carboxylic acids is 1. The Kier molecular flexibility index (Phi) is 5.38. The zero-order valence-corrected chi connectivity index (χ0v) is 13.3. The Balaban J connectivity index is 2.20. The Morgan fingerprint density at radius 2 is 1.65 bits per heavy atom. The number of aliphatic hydroxyl groups is 4. The van der Waals surface area contributed by atoms with E-state index in [1.54, 1.807) is 13.8 Å². The molecule has 0 aromatic heterocycles. The third kappa shape index (κ3) is 3.54. The minimum atomic E-state index is -1.61. The number of rotatable bonds is 3. The minimum Gasteiger partial charge on any atom is -0.429 e. The maximum absolute atomic E-state index is 12.4. The number of carbonyl (C=O) groups is 1. The Labute approximate surface area is 134 Å². The first-order chi connectivity index (χ1) is 10.8. The van der Waals surface area contributed by atoms with E-state index in [1.807, 2.05) is 19.1 Å². The fourth-order valence-electron chi connectivity index (χ4n) is 2.83. The first-order valence-corrected chi connectivity index (χ1v) is 7.35. The van der Waals surface area contributed by atoms with E-state index in [0.717, 1.165) is 16.7 Å². The van der Waals surface area contributed by atoms with Crippen molar-refractivity contribution < 1.29 is 34.7 Å². The van der Waals surface area contributed by atoms with Crippen LogP contribution in [-0.2, 0) is 9.47 Å². The van der Waals surface area contributed by atoms with Crippen LogP contribution in [-0.4, -0.2) is 63.7 Å². The molecule has 1 aromatic rings. The molecule has 2 rings (SSSR count). The molecule has 0 aliphatic carbocycles. The Bertz CT molecular complexity index is 561. The molecule has 0 spiro atoms. The highest BCUT2D eigenvalue weighted by atomic mass is 16.7. The monoisotopic (exact) mass is 326 g/mol. The fraction of sp³-hybridized carbons (Fsp3) is 0.562. The summed E-state index contributed by atoms with van der Waals surface area (Å²) in [6.45, 7) is 4.86. The quantitative estimate of drug-likeness (QED) is 0.557. The van der Waals surface area contributed by atoms with Crippen LogP contribution < -0.4 is 0 Å². The molecule has 0 saturated carbocycles. The summed E-state index contributed by atoms with van der Waals surface area (Å²) in [6, 6.07) is 3.66. The third-order valence-corrected chi connectivity index (χ3v) is 3.95. The molecule has 1 aliphatic heterocycles. The summed E-state index contributed by atoms with van der Waals surface area (Å²) in [5.41, 5.74) is 2.80. The van der Waals surface area contributed by atoms with Crippen LogP contribution >= 0.6 is 0 Å². The van der Waals surface area contributed by atoms with Gasteiger partial charge in [-0.25, -0.2) is 4.79 Å². The van der Waals surface area contributed by atoms with E-state index < -0.39 is 43.3 Å². The van der Waals surface area contributed by atoms with Crippen LogP contribution in [0.15, 0.2) is 12.1 Å². The molecule has 1 aromatic carbocycles. The number of aryl methyl sites for hydroxylation is 3. The summed E-state index contributed by atoms with van der Waals surface area (Å²) in [4.78, 5) is 12.4. The summed E-state index contributed by atoms with van der Waals surface area (Å²) >= 11 is 0. The van der Waals surface area contributed by atoms with Crippen LogP contribution in [0.25, 0.3) is 0 Å². The fourth-order valence-corrected chi connectivity index (χ4v) is 2.83. The second-order valence-corrected chi connectivity index (χ2v) is 5.88. The van der Waals surface area contributed by atoms with Gasteiger partial charge in [0.15, 0.2) is 0 Å². The molecule has 7 nitrogen and oxygen atoms in total. The summed E-state index contributed by atoms with van der Waals surface area (Å²) < 4.78 is 10.3. The van der Waals surface area contributed by atoms with Gasteiger partial charge in [0.25, 0.3) is 0 Å². The maximum Gasteiger partial charge on any atom is 0.341 e. The molecule has 0 unspecified atom stereocenters. The standard InChI is InChI=1S/C16H22O7/c1-7-4-8(2)11(9(3)5-7)15(21)23-16-14(20)13(19)12(18)10(6-17)22-16/h4-5,10,12-14,16-20H,6H2,1-3H3/t10-,12+,13+,14+,16+/m0/s1. The molecule has 0 bridgehead atoms. The number of benzene rings is 1. The Morgan fingerprint density at radius 3 is 2.17 bits per heavy atom. The average molecular weight is 326 g/mol. The van der Waals surface area contributed by atoms with E-state index in [0.29, 0.717) is 5.56 Å². The largest absolute Gasteiger partial charge is 0.429 e. The highest BCUT2D eigenvalue weighted by Crippen LogP contribution is 2.24. The van der Waals surface area contributed by atoms with Crippen molar-refractivity contribution >= 4 is 5.97 Å². The van der Waals surface area contributed by atoms with Crippen molar-refractivity contribution in [2.24, 2.45) is 0 Å². The number of hydrogen-bond acceptors (Lipinski definition) is 7. The number of ether oxygens (including phenoxy) is 2. The third-order valence-electron chi connectivity index (χ3n) is 3.95. The van der Waals surface area contributed by atoms with Crippen molar-refractivity contribution in [1.29, 1.82) is 0 Å². The molecule has 1 aliphatic rings. The van der Waals surface area contributed by atoms with E-state index in [9.17, 15) is 20.1 Å². The smallest absolute Gasteiger partial charge is 0.341 e. The van der Waals surface area contributed by atoms with Gasteiger partial charge in [0.05, 0.1) is 12.2 Å². The van der Waals surface area contributed by atoms with Crippen LogP contribution in [0.5, 0.6) is 0 Å². The van der Waals surface area contributed by atoms with Gasteiger partial charge in [-0.3, -0.25) is 0 Å². The van der Waals surface area contributed by atoms with Gasteiger partial charge in [0.2, 0.25) is 6.29 Å². The Morgan fingerprint density at radius 1 is 1.09 bits per heavy atom. The lowest BCUT2D eigenvalue weighted by atomic mass is 9.98. The van der Waals surface area contributed by atoms with Gasteiger partial charge in [-0.2, -0.15) is 0 Å². The molecule has 23 heavy (non-hydrogen) atoms. The van der Waals surface area contributed by atoms with E-state index in [4.69, 9.17) is 14.6 Å². The molecule has 0 amide bonds. The van der Waals surface area contributed by atoms with Gasteiger partial charge < -0.3 is 29.9 Å². The van der Waals surface area contributed by atoms with E-state index in [2.05, 4.69) is 0 Å². The average Bonchev–Trinajstić information content (AvgIpc) is 2.46. The van der Waals surface area contributed by atoms with Crippen molar-refractivity contribution in [2.45, 2.75) is 51.5 Å². The molecule has 1 saturated heterocycles. The predicted molar refractivity (Wildman–Crippen MR) is 79.8 cm³/mol. The van der Waals surface area contributed by atoms with Gasteiger partial charge >= 0.3 is 5.97 Å². The zero-order valence-electron chi connectivity index (χ0n) is 13.3. The predicted octanol–water partition coefficient (Wildman–Crippen LogP) is -0.431. The molecular formula is C16H22O7. The van der Waals surface area contributed by atoms with Gasteiger partial charge in [-0.05, 0) is 31.9 Å². The van der Waals surface area contributed by atoms with Crippen molar-refractivity contribution in [3.05, 3.63) is 34.4 Å². The van der Waals surface area contributed by atoms with E-state index in [1.165, 1.54) is 0 Å². The molecule has 1 fully saturated rings. The maximum atomic E-state index is 12.4. The van der Waals surface area contributed by atoms with Gasteiger partial charge in [-0.15, -0.1) is 0 Å². The molecule has 0 radical (unpaired) electrons.